The Morgan fingerprint density at radius 2 is 2.04 bits per heavy atom. The van der Waals surface area contributed by atoms with Gasteiger partial charge in [0, 0.05) is 11.3 Å². The molecule has 1 aliphatic rings. The summed E-state index contributed by atoms with van der Waals surface area (Å²) in [4.78, 5) is 14.9. The highest BCUT2D eigenvalue weighted by molar-refractivity contribution is 6.00. The zero-order valence-corrected chi connectivity index (χ0v) is 15.3. The number of carbonyl (C=O) groups excluding carboxylic acids is 1. The average molecular weight is 338 g/mol. The quantitative estimate of drug-likeness (QED) is 0.606. The van der Waals surface area contributed by atoms with Crippen molar-refractivity contribution < 1.29 is 4.79 Å². The minimum absolute atomic E-state index is 0.0806. The van der Waals surface area contributed by atoms with Crippen molar-refractivity contribution in [3.8, 4) is 0 Å². The Bertz CT molecular complexity index is 631. The lowest BCUT2D eigenvalue weighted by molar-refractivity contribution is -0.116. The lowest BCUT2D eigenvalue weighted by Gasteiger charge is -2.20. The van der Waals surface area contributed by atoms with Crippen LogP contribution in [-0.2, 0) is 11.2 Å². The maximum atomic E-state index is 12.6. The van der Waals surface area contributed by atoms with Crippen LogP contribution in [-0.4, -0.2) is 30.3 Å². The Labute approximate surface area is 151 Å². The van der Waals surface area contributed by atoms with Gasteiger partial charge in [-0.2, -0.15) is 0 Å². The van der Waals surface area contributed by atoms with E-state index in [4.69, 9.17) is 5.73 Å². The highest BCUT2D eigenvalue weighted by atomic mass is 16.1. The fraction of sp³-hybridized carbons (Fsp3) is 0.409. The molecule has 3 nitrogen and oxygen atoms in total. The highest BCUT2D eigenvalue weighted by Crippen LogP contribution is 2.22. The van der Waals surface area contributed by atoms with E-state index in [0.717, 1.165) is 32.4 Å². The van der Waals surface area contributed by atoms with Gasteiger partial charge in [-0.1, -0.05) is 49.1 Å². The molecule has 2 N–H and O–H groups in total. The van der Waals surface area contributed by atoms with Crippen molar-refractivity contribution in [3.05, 3.63) is 72.0 Å². The van der Waals surface area contributed by atoms with Crippen molar-refractivity contribution in [1.82, 2.24) is 4.90 Å². The predicted octanol–water partition coefficient (Wildman–Crippen LogP) is 3.88. The number of benzene rings is 1. The maximum absolute atomic E-state index is 12.6. The summed E-state index contributed by atoms with van der Waals surface area (Å²) in [6, 6.07) is 10.7. The van der Waals surface area contributed by atoms with Crippen LogP contribution in [0.1, 0.15) is 31.7 Å². The van der Waals surface area contributed by atoms with Crippen LogP contribution in [0.3, 0.4) is 0 Å². The topological polar surface area (TPSA) is 46.3 Å². The van der Waals surface area contributed by atoms with Gasteiger partial charge in [0.05, 0.1) is 6.54 Å². The third kappa shape index (κ3) is 6.02. The van der Waals surface area contributed by atoms with Crippen LogP contribution < -0.4 is 5.73 Å². The lowest BCUT2D eigenvalue weighted by Crippen LogP contribution is -2.32. The zero-order valence-electron chi connectivity index (χ0n) is 15.3. The standard InChI is InChI=1S/C22H30N2O/c1-3-9-20(21(23)4-2)22(25)17-24-14-8-12-19(13-15-24)16-18-10-6-5-7-11-18/h3-7,9-11,19H,1,8,12-17,23H2,2H3/b20-9+,21-4+. The van der Waals surface area contributed by atoms with Crippen molar-refractivity contribution in [2.75, 3.05) is 19.6 Å². The molecule has 1 heterocycles. The van der Waals surface area contributed by atoms with Crippen LogP contribution >= 0.6 is 0 Å². The number of nitrogens with two attached hydrogens (primary N) is 1. The molecule has 3 heteroatoms. The zero-order chi connectivity index (χ0) is 18.1. The van der Waals surface area contributed by atoms with E-state index in [1.54, 1.807) is 18.2 Å². The molecule has 0 aromatic heterocycles. The molecule has 1 unspecified atom stereocenters. The first-order valence-corrected chi connectivity index (χ1v) is 9.18. The van der Waals surface area contributed by atoms with Crippen LogP contribution in [0.2, 0.25) is 0 Å². The molecule has 0 aliphatic carbocycles. The van der Waals surface area contributed by atoms with Crippen molar-refractivity contribution in [2.45, 2.75) is 32.6 Å². The SMILES string of the molecule is C=C/C=C(C(=O)CN1CCCC(Cc2ccccc2)CC1)\C(N)=C/C. The van der Waals surface area contributed by atoms with Gasteiger partial charge in [0.25, 0.3) is 0 Å². The second-order valence-corrected chi connectivity index (χ2v) is 6.75. The van der Waals surface area contributed by atoms with E-state index in [9.17, 15) is 4.79 Å². The van der Waals surface area contributed by atoms with E-state index in [0.29, 0.717) is 23.7 Å². The number of ketones is 1. The summed E-state index contributed by atoms with van der Waals surface area (Å²) in [5.41, 5.74) is 8.47. The second-order valence-electron chi connectivity index (χ2n) is 6.75. The number of rotatable bonds is 7. The lowest BCUT2D eigenvalue weighted by atomic mass is 9.93. The van der Waals surface area contributed by atoms with Gasteiger partial charge < -0.3 is 5.73 Å². The molecule has 25 heavy (non-hydrogen) atoms. The van der Waals surface area contributed by atoms with Gasteiger partial charge in [-0.25, -0.2) is 0 Å². The first-order valence-electron chi connectivity index (χ1n) is 9.18. The van der Waals surface area contributed by atoms with Crippen molar-refractivity contribution in [3.63, 3.8) is 0 Å². The summed E-state index contributed by atoms with van der Waals surface area (Å²) in [6.07, 6.45) is 9.76. The molecule has 2 rings (SSSR count). The fourth-order valence-corrected chi connectivity index (χ4v) is 3.45. The van der Waals surface area contributed by atoms with E-state index < -0.39 is 0 Å². The van der Waals surface area contributed by atoms with Gasteiger partial charge in [0.1, 0.15) is 0 Å². The fourth-order valence-electron chi connectivity index (χ4n) is 3.45. The Balaban J connectivity index is 1.91. The largest absolute Gasteiger partial charge is 0.398 e. The third-order valence-electron chi connectivity index (χ3n) is 4.88. The summed E-state index contributed by atoms with van der Waals surface area (Å²) in [5, 5.41) is 0. The van der Waals surface area contributed by atoms with Crippen molar-refractivity contribution in [1.29, 1.82) is 0 Å². The van der Waals surface area contributed by atoms with Crippen molar-refractivity contribution >= 4 is 5.78 Å². The third-order valence-corrected chi connectivity index (χ3v) is 4.88. The van der Waals surface area contributed by atoms with E-state index in [1.165, 1.54) is 12.0 Å². The minimum atomic E-state index is 0.0806. The van der Waals surface area contributed by atoms with E-state index in [1.807, 2.05) is 6.92 Å². The summed E-state index contributed by atoms with van der Waals surface area (Å²) in [6.45, 7) is 7.92. The minimum Gasteiger partial charge on any atom is -0.398 e. The molecule has 1 aromatic carbocycles. The molecule has 134 valence electrons. The molecule has 1 aliphatic heterocycles. The normalized spacial score (nSPS) is 20.1. The molecule has 0 spiro atoms. The van der Waals surface area contributed by atoms with Crippen molar-refractivity contribution in [2.24, 2.45) is 11.7 Å². The van der Waals surface area contributed by atoms with Gasteiger partial charge in [-0.3, -0.25) is 9.69 Å². The number of Topliss-reactive ketones (excluding diaryl/α,β-unsaturated/α-hetero) is 1. The van der Waals surface area contributed by atoms with E-state index >= 15 is 0 Å². The number of likely N-dealkylation sites (tertiary alicyclic amines) is 1. The van der Waals surface area contributed by atoms with Crippen LogP contribution in [0, 0.1) is 5.92 Å². The van der Waals surface area contributed by atoms with Gasteiger partial charge in [-0.05, 0) is 63.3 Å². The second kappa shape index (κ2) is 10.00. The molecule has 0 saturated carbocycles. The van der Waals surface area contributed by atoms with Crippen LogP contribution in [0.15, 0.2) is 66.4 Å². The number of nitrogens with zero attached hydrogens (tertiary/aromatic N) is 1. The Kier molecular flexibility index (Phi) is 7.68. The maximum Gasteiger partial charge on any atom is 0.178 e. The van der Waals surface area contributed by atoms with Crippen LogP contribution in [0.4, 0.5) is 0 Å². The van der Waals surface area contributed by atoms with Gasteiger partial charge in [0.2, 0.25) is 0 Å². The van der Waals surface area contributed by atoms with E-state index in [2.05, 4.69) is 41.8 Å². The molecular formula is C22H30N2O. The molecular weight excluding hydrogens is 308 g/mol. The molecule has 1 aromatic rings. The number of allylic oxidation sites excluding steroid dienone is 4. The molecule has 0 radical (unpaired) electrons. The summed E-state index contributed by atoms with van der Waals surface area (Å²) in [5.74, 6) is 0.781. The summed E-state index contributed by atoms with van der Waals surface area (Å²) >= 11 is 0. The number of hydrogen-bond donors (Lipinski definition) is 1. The van der Waals surface area contributed by atoms with Gasteiger partial charge >= 0.3 is 0 Å². The van der Waals surface area contributed by atoms with Crippen LogP contribution in [0.5, 0.6) is 0 Å². The first-order chi connectivity index (χ1) is 12.1. The first kappa shape index (κ1) is 19.2. The molecule has 1 fully saturated rings. The number of hydrogen-bond acceptors (Lipinski definition) is 3. The monoisotopic (exact) mass is 338 g/mol. The highest BCUT2D eigenvalue weighted by Gasteiger charge is 2.21. The van der Waals surface area contributed by atoms with Gasteiger partial charge in [-0.15, -0.1) is 0 Å². The number of carbonyl (C=O) groups is 1. The Morgan fingerprint density at radius 1 is 1.28 bits per heavy atom. The molecule has 0 amide bonds. The Morgan fingerprint density at radius 3 is 2.72 bits per heavy atom. The van der Waals surface area contributed by atoms with Crippen LogP contribution in [0.25, 0.3) is 0 Å². The summed E-state index contributed by atoms with van der Waals surface area (Å²) in [7, 11) is 0. The van der Waals surface area contributed by atoms with Gasteiger partial charge in [0.15, 0.2) is 5.78 Å². The summed E-state index contributed by atoms with van der Waals surface area (Å²) < 4.78 is 0. The average Bonchev–Trinajstić information content (AvgIpc) is 2.85. The smallest absolute Gasteiger partial charge is 0.178 e. The van der Waals surface area contributed by atoms with E-state index in [-0.39, 0.29) is 5.78 Å². The molecule has 1 atom stereocenters. The molecule has 0 bridgehead atoms. The Hall–Kier alpha value is -2.13. The predicted molar refractivity (Wildman–Crippen MR) is 105 cm³/mol. The molecule has 1 saturated heterocycles.